The van der Waals surface area contributed by atoms with Crippen LogP contribution in [0.4, 0.5) is 0 Å². The molecule has 2 nitrogen and oxygen atoms in total. The van der Waals surface area contributed by atoms with Crippen molar-refractivity contribution < 1.29 is 0 Å². The summed E-state index contributed by atoms with van der Waals surface area (Å²) in [6.45, 7) is 7.69. The van der Waals surface area contributed by atoms with Gasteiger partial charge in [-0.15, -0.1) is 0 Å². The van der Waals surface area contributed by atoms with E-state index >= 15 is 0 Å². The van der Waals surface area contributed by atoms with Crippen molar-refractivity contribution in [1.82, 2.24) is 0 Å². The van der Waals surface area contributed by atoms with Gasteiger partial charge in [0.2, 0.25) is 0 Å². The summed E-state index contributed by atoms with van der Waals surface area (Å²) in [4.78, 5) is 0. The topological polar surface area (TPSA) is 49.9 Å². The lowest BCUT2D eigenvalue weighted by atomic mass is 10.1. The number of nitrogens with two attached hydrogens (primary N) is 1. The molecule has 0 saturated heterocycles. The van der Waals surface area contributed by atoms with E-state index in [1.807, 2.05) is 20.8 Å². The molecule has 11 heavy (non-hydrogen) atoms. The first-order valence-corrected chi connectivity index (χ1v) is 3.62. The molecule has 0 aliphatic carbocycles. The van der Waals surface area contributed by atoms with Crippen LogP contribution >= 0.6 is 0 Å². The zero-order valence-electron chi connectivity index (χ0n) is 7.65. The highest BCUT2D eigenvalue weighted by Crippen LogP contribution is 2.08. The largest absolute Gasteiger partial charge is 0.398 e. The maximum absolute atomic E-state index is 7.18. The third-order valence-electron chi connectivity index (χ3n) is 1.56. The Morgan fingerprint density at radius 3 is 1.91 bits per heavy atom. The number of rotatable bonds is 2. The molecule has 0 aromatic heterocycles. The molecule has 0 fully saturated rings. The van der Waals surface area contributed by atoms with E-state index in [4.69, 9.17) is 11.1 Å². The van der Waals surface area contributed by atoms with Crippen LogP contribution in [-0.2, 0) is 0 Å². The Hall–Kier alpha value is -1.05. The first-order valence-electron chi connectivity index (χ1n) is 3.62. The number of hydrogen-bond donors (Lipinski definition) is 2. The molecule has 0 saturated carbocycles. The lowest BCUT2D eigenvalue weighted by molar-refractivity contribution is 1.20. The highest BCUT2D eigenvalue weighted by Gasteiger charge is 1.95. The van der Waals surface area contributed by atoms with Crippen LogP contribution in [0, 0.1) is 5.41 Å². The van der Waals surface area contributed by atoms with Crippen molar-refractivity contribution in [2.45, 2.75) is 27.7 Å². The van der Waals surface area contributed by atoms with E-state index in [0.29, 0.717) is 11.4 Å². The van der Waals surface area contributed by atoms with Crippen LogP contribution in [-0.4, -0.2) is 5.71 Å². The lowest BCUT2D eigenvalue weighted by Crippen LogP contribution is -2.02. The molecule has 2 heteroatoms. The van der Waals surface area contributed by atoms with Crippen LogP contribution in [0.15, 0.2) is 22.9 Å². The average molecular weight is 152 g/mol. The minimum Gasteiger partial charge on any atom is -0.398 e. The molecule has 0 spiro atoms. The molecule has 0 unspecified atom stereocenters. The number of allylic oxidation sites excluding steroid dienone is 3. The summed E-state index contributed by atoms with van der Waals surface area (Å²) in [7, 11) is 0. The molecule has 0 aliphatic heterocycles. The summed E-state index contributed by atoms with van der Waals surface area (Å²) in [5, 5.41) is 7.18. The van der Waals surface area contributed by atoms with Gasteiger partial charge in [-0.25, -0.2) is 0 Å². The van der Waals surface area contributed by atoms with Crippen LogP contribution in [0.3, 0.4) is 0 Å². The monoisotopic (exact) mass is 152 g/mol. The molecule has 0 radical (unpaired) electrons. The fourth-order valence-corrected chi connectivity index (χ4v) is 0.630. The van der Waals surface area contributed by atoms with Gasteiger partial charge >= 0.3 is 0 Å². The van der Waals surface area contributed by atoms with Gasteiger partial charge in [-0.1, -0.05) is 5.57 Å². The molecular weight excluding hydrogens is 136 g/mol. The van der Waals surface area contributed by atoms with Crippen molar-refractivity contribution in [3.63, 3.8) is 0 Å². The van der Waals surface area contributed by atoms with E-state index in [9.17, 15) is 0 Å². The van der Waals surface area contributed by atoms with E-state index in [1.54, 1.807) is 13.0 Å². The number of nitrogens with one attached hydrogen (secondary N) is 1. The molecule has 3 N–H and O–H groups in total. The third kappa shape index (κ3) is 3.61. The molecule has 0 aromatic carbocycles. The second kappa shape index (κ2) is 3.96. The van der Waals surface area contributed by atoms with Crippen LogP contribution in [0.5, 0.6) is 0 Å². The summed E-state index contributed by atoms with van der Waals surface area (Å²) < 4.78 is 0. The van der Waals surface area contributed by atoms with Gasteiger partial charge in [0.1, 0.15) is 0 Å². The van der Waals surface area contributed by atoms with Crippen molar-refractivity contribution in [2.24, 2.45) is 5.73 Å². The summed E-state index contributed by atoms with van der Waals surface area (Å²) >= 11 is 0. The summed E-state index contributed by atoms with van der Waals surface area (Å²) in [6.07, 6.45) is 1.67. The van der Waals surface area contributed by atoms with E-state index < -0.39 is 0 Å². The van der Waals surface area contributed by atoms with Crippen LogP contribution in [0.1, 0.15) is 27.7 Å². The Morgan fingerprint density at radius 1 is 1.18 bits per heavy atom. The van der Waals surface area contributed by atoms with E-state index in [-0.39, 0.29) is 0 Å². The normalized spacial score (nSPS) is 11.1. The second-order valence-corrected chi connectivity index (χ2v) is 2.91. The number of hydrogen-bond acceptors (Lipinski definition) is 2. The fraction of sp³-hybridized carbons (Fsp3) is 0.444. The van der Waals surface area contributed by atoms with Gasteiger partial charge in [-0.3, -0.25) is 0 Å². The summed E-state index contributed by atoms with van der Waals surface area (Å²) in [5.41, 5.74) is 9.12. The first-order chi connectivity index (χ1) is 4.95. The van der Waals surface area contributed by atoms with Crippen LogP contribution in [0.25, 0.3) is 0 Å². The SMILES string of the molecule is CC(=N)/C=C(/N)C(C)=C(C)C. The van der Waals surface area contributed by atoms with Crippen molar-refractivity contribution >= 4 is 5.71 Å². The van der Waals surface area contributed by atoms with Crippen LogP contribution < -0.4 is 5.73 Å². The minimum atomic E-state index is 0.489. The van der Waals surface area contributed by atoms with Gasteiger partial charge < -0.3 is 11.1 Å². The maximum atomic E-state index is 7.18. The predicted octanol–water partition coefficient (Wildman–Crippen LogP) is 2.22. The van der Waals surface area contributed by atoms with Crippen molar-refractivity contribution in [1.29, 1.82) is 5.41 Å². The molecular formula is C9H16N2. The second-order valence-electron chi connectivity index (χ2n) is 2.91. The van der Waals surface area contributed by atoms with Gasteiger partial charge in [0.05, 0.1) is 0 Å². The molecule has 0 heterocycles. The molecule has 0 aromatic rings. The molecule has 0 atom stereocenters. The van der Waals surface area contributed by atoms with Gasteiger partial charge in [0.25, 0.3) is 0 Å². The average Bonchev–Trinajstić information content (AvgIpc) is 1.84. The van der Waals surface area contributed by atoms with Crippen LogP contribution in [0.2, 0.25) is 0 Å². The van der Waals surface area contributed by atoms with E-state index in [0.717, 1.165) is 5.57 Å². The van der Waals surface area contributed by atoms with Gasteiger partial charge in [0.15, 0.2) is 0 Å². The molecule has 0 bridgehead atoms. The van der Waals surface area contributed by atoms with Gasteiger partial charge in [-0.05, 0) is 39.3 Å². The smallest absolute Gasteiger partial charge is 0.0360 e. The Kier molecular flexibility index (Phi) is 3.58. The standard InChI is InChI=1S/C9H16N2/c1-6(2)8(4)9(11)5-7(3)10/h5,10H,11H2,1-4H3/b9-5+,10-7?. The Morgan fingerprint density at radius 2 is 1.64 bits per heavy atom. The highest BCUT2D eigenvalue weighted by molar-refractivity contribution is 5.91. The lowest BCUT2D eigenvalue weighted by Gasteiger charge is -2.02. The summed E-state index contributed by atoms with van der Waals surface area (Å²) in [6, 6.07) is 0. The minimum absolute atomic E-state index is 0.489. The predicted molar refractivity (Wildman–Crippen MR) is 49.7 cm³/mol. The first kappa shape index (κ1) is 9.95. The Bertz CT molecular complexity index is 218. The van der Waals surface area contributed by atoms with Crippen molar-refractivity contribution in [2.75, 3.05) is 0 Å². The fourth-order valence-electron chi connectivity index (χ4n) is 0.630. The maximum Gasteiger partial charge on any atom is 0.0360 e. The van der Waals surface area contributed by atoms with E-state index in [1.165, 1.54) is 5.57 Å². The zero-order chi connectivity index (χ0) is 9.02. The summed E-state index contributed by atoms with van der Waals surface area (Å²) in [5.74, 6) is 0. The Balaban J connectivity index is 4.63. The van der Waals surface area contributed by atoms with Crippen molar-refractivity contribution in [3.05, 3.63) is 22.9 Å². The third-order valence-corrected chi connectivity index (χ3v) is 1.56. The molecule has 0 amide bonds. The van der Waals surface area contributed by atoms with Crippen molar-refractivity contribution in [3.8, 4) is 0 Å². The zero-order valence-corrected chi connectivity index (χ0v) is 7.65. The van der Waals surface area contributed by atoms with E-state index in [2.05, 4.69) is 0 Å². The Labute approximate surface area is 68.3 Å². The molecule has 0 rings (SSSR count). The highest BCUT2D eigenvalue weighted by atomic mass is 14.6. The molecule has 0 aliphatic rings. The quantitative estimate of drug-likeness (QED) is 0.462. The van der Waals surface area contributed by atoms with Gasteiger partial charge in [-0.2, -0.15) is 0 Å². The van der Waals surface area contributed by atoms with Gasteiger partial charge in [0, 0.05) is 11.4 Å². The molecule has 62 valence electrons.